The molecule has 0 saturated carbocycles. The number of amides is 1. The molecule has 0 aliphatic rings. The van der Waals surface area contributed by atoms with Gasteiger partial charge in [-0.1, -0.05) is 78.3 Å². The number of esters is 1. The molecule has 0 aliphatic carbocycles. The van der Waals surface area contributed by atoms with E-state index >= 15 is 0 Å². The van der Waals surface area contributed by atoms with E-state index in [1.54, 1.807) is 72.8 Å². The number of aromatic nitrogens is 1. The van der Waals surface area contributed by atoms with Crippen LogP contribution in [0.3, 0.4) is 0 Å². The Morgan fingerprint density at radius 1 is 0.763 bits per heavy atom. The number of fused-ring (bicyclic) bond motifs is 1. The van der Waals surface area contributed by atoms with Gasteiger partial charge in [0.1, 0.15) is 5.69 Å². The minimum atomic E-state index is -0.783. The number of hydrogen-bond acceptors (Lipinski definition) is 4. The van der Waals surface area contributed by atoms with E-state index < -0.39 is 18.5 Å². The zero-order valence-electron chi connectivity index (χ0n) is 20.5. The molecule has 0 unspecified atom stereocenters. The number of carbonyl (C=O) groups is 2. The molecule has 0 bridgehead atoms. The molecule has 38 heavy (non-hydrogen) atoms. The maximum absolute atomic E-state index is 13.5. The Morgan fingerprint density at radius 2 is 1.29 bits per heavy atom. The van der Waals surface area contributed by atoms with Gasteiger partial charge in [0.05, 0.1) is 0 Å². The van der Waals surface area contributed by atoms with Crippen LogP contribution >= 0.6 is 11.6 Å². The number of para-hydroxylation sites is 2. The van der Waals surface area contributed by atoms with Crippen LogP contribution in [0.4, 0.5) is 11.4 Å². The van der Waals surface area contributed by atoms with Crippen LogP contribution in [0, 0.1) is 0 Å². The van der Waals surface area contributed by atoms with Gasteiger partial charge in [0.25, 0.3) is 11.5 Å². The second kappa shape index (κ2) is 10.7. The molecule has 0 saturated heterocycles. The summed E-state index contributed by atoms with van der Waals surface area (Å²) < 4.78 is 6.84. The van der Waals surface area contributed by atoms with Crippen LogP contribution in [0.25, 0.3) is 21.9 Å². The first-order chi connectivity index (χ1) is 18.5. The van der Waals surface area contributed by atoms with Crippen molar-refractivity contribution in [2.24, 2.45) is 7.05 Å². The summed E-state index contributed by atoms with van der Waals surface area (Å²) in [5.74, 6) is -1.22. The zero-order valence-corrected chi connectivity index (χ0v) is 21.3. The molecule has 188 valence electrons. The number of benzene rings is 4. The van der Waals surface area contributed by atoms with Gasteiger partial charge in [0.2, 0.25) is 0 Å². The van der Waals surface area contributed by atoms with Crippen molar-refractivity contribution in [2.45, 2.75) is 0 Å². The minimum Gasteiger partial charge on any atom is -0.451 e. The third-order valence-electron chi connectivity index (χ3n) is 6.23. The fraction of sp³-hybridized carbons (Fsp3) is 0.0645. The number of rotatable bonds is 6. The van der Waals surface area contributed by atoms with Crippen molar-refractivity contribution < 1.29 is 14.3 Å². The lowest BCUT2D eigenvalue weighted by Gasteiger charge is -2.23. The summed E-state index contributed by atoms with van der Waals surface area (Å²) in [4.78, 5) is 41.6. The van der Waals surface area contributed by atoms with E-state index in [0.29, 0.717) is 38.3 Å². The number of ether oxygens (including phenoxy) is 1. The van der Waals surface area contributed by atoms with Crippen molar-refractivity contribution in [3.63, 3.8) is 0 Å². The molecule has 0 aliphatic heterocycles. The fourth-order valence-electron chi connectivity index (χ4n) is 4.46. The van der Waals surface area contributed by atoms with E-state index in [4.69, 9.17) is 16.3 Å². The summed E-state index contributed by atoms with van der Waals surface area (Å²) in [6.45, 7) is -0.524. The van der Waals surface area contributed by atoms with Crippen molar-refractivity contribution in [1.29, 1.82) is 0 Å². The summed E-state index contributed by atoms with van der Waals surface area (Å²) in [5, 5.41) is 1.61. The van der Waals surface area contributed by atoms with Gasteiger partial charge < -0.3 is 9.30 Å². The average molecular weight is 523 g/mol. The summed E-state index contributed by atoms with van der Waals surface area (Å²) in [7, 11) is 1.52. The van der Waals surface area contributed by atoms with Gasteiger partial charge in [-0.05, 0) is 53.4 Å². The number of anilines is 2. The smallest absolute Gasteiger partial charge is 0.356 e. The molecule has 0 radical (unpaired) electrons. The first-order valence-electron chi connectivity index (χ1n) is 11.9. The van der Waals surface area contributed by atoms with E-state index in [1.807, 2.05) is 36.4 Å². The number of pyridine rings is 1. The Labute approximate surface area is 224 Å². The molecule has 0 N–H and O–H groups in total. The quantitative estimate of drug-likeness (QED) is 0.243. The van der Waals surface area contributed by atoms with Crippen LogP contribution in [0.15, 0.2) is 114 Å². The van der Waals surface area contributed by atoms with Crippen molar-refractivity contribution >= 4 is 45.6 Å². The molecule has 0 spiro atoms. The predicted molar refractivity (Wildman–Crippen MR) is 150 cm³/mol. The maximum atomic E-state index is 13.5. The Balaban J connectivity index is 1.53. The van der Waals surface area contributed by atoms with Crippen LogP contribution in [0.2, 0.25) is 5.02 Å². The Morgan fingerprint density at radius 3 is 1.87 bits per heavy atom. The van der Waals surface area contributed by atoms with Crippen LogP contribution in [0.1, 0.15) is 10.5 Å². The normalized spacial score (nSPS) is 10.8. The van der Waals surface area contributed by atoms with Crippen molar-refractivity contribution in [2.75, 3.05) is 11.5 Å². The number of hydrogen-bond donors (Lipinski definition) is 0. The molecule has 5 aromatic rings. The maximum Gasteiger partial charge on any atom is 0.356 e. The molecule has 1 aromatic heterocycles. The molecule has 4 aromatic carbocycles. The second-order valence-corrected chi connectivity index (χ2v) is 9.05. The highest BCUT2D eigenvalue weighted by Crippen LogP contribution is 2.32. The largest absolute Gasteiger partial charge is 0.451 e. The molecule has 7 heteroatoms. The van der Waals surface area contributed by atoms with E-state index in [0.717, 1.165) is 0 Å². The van der Waals surface area contributed by atoms with Gasteiger partial charge in [-0.3, -0.25) is 14.5 Å². The van der Waals surface area contributed by atoms with Gasteiger partial charge in [-0.2, -0.15) is 0 Å². The van der Waals surface area contributed by atoms with E-state index in [2.05, 4.69) is 0 Å². The minimum absolute atomic E-state index is 0.0507. The van der Waals surface area contributed by atoms with E-state index in [-0.39, 0.29) is 11.3 Å². The highest BCUT2D eigenvalue weighted by molar-refractivity contribution is 6.30. The topological polar surface area (TPSA) is 68.6 Å². The monoisotopic (exact) mass is 522 g/mol. The Hall–Kier alpha value is -4.68. The molecule has 1 heterocycles. The lowest BCUT2D eigenvalue weighted by molar-refractivity contribution is -0.121. The summed E-state index contributed by atoms with van der Waals surface area (Å²) in [5.41, 5.74) is 2.20. The molecule has 1 amide bonds. The lowest BCUT2D eigenvalue weighted by atomic mass is 9.97. The Bertz CT molecular complexity index is 1640. The first kappa shape index (κ1) is 25.0. The third-order valence-corrected chi connectivity index (χ3v) is 6.49. The predicted octanol–water partition coefficient (Wildman–Crippen LogP) is 6.38. The van der Waals surface area contributed by atoms with Crippen LogP contribution in [0.5, 0.6) is 0 Å². The molecular formula is C31H23ClN2O4. The molecule has 0 atom stereocenters. The van der Waals surface area contributed by atoms with Crippen molar-refractivity contribution in [3.8, 4) is 11.1 Å². The number of carbonyl (C=O) groups excluding carboxylic acids is 2. The average Bonchev–Trinajstić information content (AvgIpc) is 2.95. The fourth-order valence-corrected chi connectivity index (χ4v) is 4.59. The SMILES string of the molecule is Cn1c(C(=O)OCC(=O)N(c2ccccc2)c2ccccc2)c(-c2ccc(Cl)cc2)c2ccccc2c1=O. The van der Waals surface area contributed by atoms with Crippen molar-refractivity contribution in [1.82, 2.24) is 4.57 Å². The van der Waals surface area contributed by atoms with Crippen LogP contribution in [-0.2, 0) is 16.6 Å². The van der Waals surface area contributed by atoms with Crippen molar-refractivity contribution in [3.05, 3.63) is 130 Å². The van der Waals surface area contributed by atoms with E-state index in [1.165, 1.54) is 16.5 Å². The van der Waals surface area contributed by atoms with E-state index in [9.17, 15) is 14.4 Å². The summed E-state index contributed by atoms with van der Waals surface area (Å²) in [6, 6.07) is 32.3. The molecular weight excluding hydrogens is 500 g/mol. The summed E-state index contributed by atoms with van der Waals surface area (Å²) >= 11 is 6.10. The highest BCUT2D eigenvalue weighted by Gasteiger charge is 2.25. The molecule has 0 fully saturated rings. The number of halogens is 1. The van der Waals surface area contributed by atoms with Crippen LogP contribution in [-0.4, -0.2) is 23.1 Å². The van der Waals surface area contributed by atoms with Gasteiger partial charge >= 0.3 is 5.97 Å². The van der Waals surface area contributed by atoms with Gasteiger partial charge in [-0.15, -0.1) is 0 Å². The highest BCUT2D eigenvalue weighted by atomic mass is 35.5. The molecule has 5 rings (SSSR count). The third kappa shape index (κ3) is 4.82. The summed E-state index contributed by atoms with van der Waals surface area (Å²) in [6.07, 6.45) is 0. The van der Waals surface area contributed by atoms with Gasteiger partial charge in [0.15, 0.2) is 6.61 Å². The number of nitrogens with zero attached hydrogens (tertiary/aromatic N) is 2. The zero-order chi connectivity index (χ0) is 26.6. The van der Waals surface area contributed by atoms with Crippen LogP contribution < -0.4 is 10.5 Å². The first-order valence-corrected chi connectivity index (χ1v) is 12.3. The Kier molecular flexibility index (Phi) is 7.07. The standard InChI is InChI=1S/C31H23ClN2O4/c1-33-29(28(21-16-18-22(32)19-17-21)25-14-8-9-15-26(25)30(33)36)31(37)38-20-27(35)34(23-10-4-2-5-11-23)24-12-6-3-7-13-24/h2-19H,20H2,1H3. The van der Waals surface area contributed by atoms with Gasteiger partial charge in [-0.25, -0.2) is 4.79 Å². The lowest BCUT2D eigenvalue weighted by Crippen LogP contribution is -2.32. The van der Waals surface area contributed by atoms with Gasteiger partial charge in [0, 0.05) is 34.4 Å². The second-order valence-electron chi connectivity index (χ2n) is 8.62. The molecule has 6 nitrogen and oxygen atoms in total.